The molecule has 0 N–H and O–H groups in total. The first-order valence-electron chi connectivity index (χ1n) is 7.49. The zero-order valence-electron chi connectivity index (χ0n) is 13.3. The maximum absolute atomic E-state index is 14.0. The molecule has 1 aromatic rings. The second kappa shape index (κ2) is 7.33. The molecule has 0 radical (unpaired) electrons. The second-order valence-electron chi connectivity index (χ2n) is 5.85. The average molecular weight is 326 g/mol. The first kappa shape index (κ1) is 17.1. The van der Waals surface area contributed by atoms with Crippen LogP contribution in [0.4, 0.5) is 10.1 Å². The third-order valence-corrected chi connectivity index (χ3v) is 5.17. The fourth-order valence-electron chi connectivity index (χ4n) is 2.91. The predicted octanol–water partition coefficient (Wildman–Crippen LogP) is 2.02. The summed E-state index contributed by atoms with van der Waals surface area (Å²) in [6.45, 7) is 2.51. The smallest absolute Gasteiger partial charge is 0.244 e. The third kappa shape index (κ3) is 3.73. The molecule has 0 saturated carbocycles. The van der Waals surface area contributed by atoms with Crippen molar-refractivity contribution in [2.75, 3.05) is 30.5 Å². The minimum Gasteiger partial charge on any atom is -0.308 e. The highest BCUT2D eigenvalue weighted by molar-refractivity contribution is 7.84. The summed E-state index contributed by atoms with van der Waals surface area (Å²) in [5, 5.41) is 0. The minimum absolute atomic E-state index is 0.0420. The first-order chi connectivity index (χ1) is 10.4. The zero-order valence-corrected chi connectivity index (χ0v) is 14.1. The van der Waals surface area contributed by atoms with Gasteiger partial charge in [-0.1, -0.05) is 12.1 Å². The molecule has 0 unspecified atom stereocenters. The van der Waals surface area contributed by atoms with Crippen molar-refractivity contribution in [1.29, 1.82) is 0 Å². The molecule has 0 aromatic heterocycles. The Labute approximate surface area is 133 Å². The van der Waals surface area contributed by atoms with Crippen LogP contribution in [0.25, 0.3) is 0 Å². The summed E-state index contributed by atoms with van der Waals surface area (Å²) < 4.78 is 25.4. The van der Waals surface area contributed by atoms with Gasteiger partial charge in [-0.3, -0.25) is 13.9 Å². The van der Waals surface area contributed by atoms with Crippen LogP contribution in [0.15, 0.2) is 24.3 Å². The molecule has 122 valence electrons. The lowest BCUT2D eigenvalue weighted by atomic mass is 10.0. The molecule has 1 heterocycles. The van der Waals surface area contributed by atoms with Gasteiger partial charge >= 0.3 is 0 Å². The lowest BCUT2D eigenvalue weighted by Gasteiger charge is -2.39. The van der Waals surface area contributed by atoms with Gasteiger partial charge in [0.2, 0.25) is 5.91 Å². The fourth-order valence-corrected chi connectivity index (χ4v) is 3.82. The fraction of sp³-hybridized carbons (Fsp3) is 0.562. The van der Waals surface area contributed by atoms with E-state index in [9.17, 15) is 13.4 Å². The first-order valence-corrected chi connectivity index (χ1v) is 9.22. The number of likely N-dealkylation sites (N-methyl/N-ethyl adjacent to an activating group) is 1. The van der Waals surface area contributed by atoms with E-state index >= 15 is 0 Å². The van der Waals surface area contributed by atoms with E-state index in [4.69, 9.17) is 0 Å². The molecule has 1 saturated heterocycles. The molecule has 1 aromatic carbocycles. The van der Waals surface area contributed by atoms with Crippen molar-refractivity contribution in [2.24, 2.45) is 0 Å². The van der Waals surface area contributed by atoms with Crippen LogP contribution in [0.1, 0.15) is 19.8 Å². The van der Waals surface area contributed by atoms with Crippen molar-refractivity contribution in [2.45, 2.75) is 31.8 Å². The molecule has 1 fully saturated rings. The monoisotopic (exact) mass is 326 g/mol. The molecule has 3 atom stereocenters. The molecule has 1 amide bonds. The molecular weight excluding hydrogens is 303 g/mol. The number of para-hydroxylation sites is 1. The van der Waals surface area contributed by atoms with Crippen LogP contribution >= 0.6 is 0 Å². The molecule has 22 heavy (non-hydrogen) atoms. The van der Waals surface area contributed by atoms with Gasteiger partial charge in [0.25, 0.3) is 0 Å². The van der Waals surface area contributed by atoms with E-state index in [0.717, 1.165) is 12.8 Å². The number of nitrogens with zero attached hydrogens (tertiary/aromatic N) is 2. The van der Waals surface area contributed by atoms with Gasteiger partial charge in [0.15, 0.2) is 0 Å². The molecule has 1 aliphatic rings. The van der Waals surface area contributed by atoms with Crippen LogP contribution in [-0.2, 0) is 15.6 Å². The summed E-state index contributed by atoms with van der Waals surface area (Å²) in [5.74, 6) is 0.0782. The van der Waals surface area contributed by atoms with Crippen molar-refractivity contribution in [3.63, 3.8) is 0 Å². The number of halogens is 1. The van der Waals surface area contributed by atoms with Gasteiger partial charge in [-0.25, -0.2) is 4.39 Å². The molecule has 4 nitrogen and oxygen atoms in total. The van der Waals surface area contributed by atoms with Gasteiger partial charge in [-0.15, -0.1) is 0 Å². The summed E-state index contributed by atoms with van der Waals surface area (Å²) in [6, 6.07) is 6.13. The van der Waals surface area contributed by atoms with Gasteiger partial charge in [-0.2, -0.15) is 0 Å². The average Bonchev–Trinajstić information content (AvgIpc) is 2.47. The summed E-state index contributed by atoms with van der Waals surface area (Å²) in [6.07, 6.45) is 3.25. The maximum atomic E-state index is 14.0. The van der Waals surface area contributed by atoms with Gasteiger partial charge in [0, 0.05) is 35.4 Å². The Morgan fingerprint density at radius 1 is 1.45 bits per heavy atom. The number of piperidine rings is 1. The normalized spacial score (nSPS) is 22.0. The Morgan fingerprint density at radius 2 is 2.14 bits per heavy atom. The maximum Gasteiger partial charge on any atom is 0.244 e. The van der Waals surface area contributed by atoms with Gasteiger partial charge in [-0.05, 0) is 38.9 Å². The molecule has 2 rings (SSSR count). The Morgan fingerprint density at radius 3 is 2.77 bits per heavy atom. The van der Waals surface area contributed by atoms with Crippen LogP contribution in [0.5, 0.6) is 0 Å². The number of anilines is 1. The number of hydrogen-bond donors (Lipinski definition) is 0. The lowest BCUT2D eigenvalue weighted by molar-refractivity contribution is -0.125. The second-order valence-corrected chi connectivity index (χ2v) is 7.33. The Hall–Kier alpha value is -1.27. The Balaban J connectivity index is 2.16. The van der Waals surface area contributed by atoms with Gasteiger partial charge in [0.05, 0.1) is 11.7 Å². The zero-order chi connectivity index (χ0) is 16.3. The number of benzene rings is 1. The van der Waals surface area contributed by atoms with Gasteiger partial charge in [0.1, 0.15) is 5.82 Å². The summed E-state index contributed by atoms with van der Waals surface area (Å²) in [5.41, 5.74) is 0.345. The summed E-state index contributed by atoms with van der Waals surface area (Å²) >= 11 is 0. The van der Waals surface area contributed by atoms with Crippen molar-refractivity contribution in [3.8, 4) is 0 Å². The molecule has 0 bridgehead atoms. The van der Waals surface area contributed by atoms with E-state index in [1.54, 1.807) is 24.5 Å². The van der Waals surface area contributed by atoms with E-state index in [-0.39, 0.29) is 23.8 Å². The van der Waals surface area contributed by atoms with E-state index in [1.165, 1.54) is 11.0 Å². The standard InChI is InChI=1S/C16H23FN2O2S/c1-12(11-22(3)21)18(2)15-9-6-10-19(16(15)20)14-8-5-4-7-13(14)17/h4-5,7-8,12,15H,6,9-11H2,1-3H3/t12-,15+,22+/m1/s1. The van der Waals surface area contributed by atoms with Crippen LogP contribution in [0, 0.1) is 5.82 Å². The summed E-state index contributed by atoms with van der Waals surface area (Å²) in [4.78, 5) is 16.3. The van der Waals surface area contributed by atoms with E-state index in [1.807, 2.05) is 18.9 Å². The minimum atomic E-state index is -0.907. The Kier molecular flexibility index (Phi) is 5.69. The van der Waals surface area contributed by atoms with Crippen LogP contribution < -0.4 is 4.90 Å². The number of amides is 1. The number of carbonyl (C=O) groups excluding carboxylic acids is 1. The predicted molar refractivity (Wildman–Crippen MR) is 87.9 cm³/mol. The largest absolute Gasteiger partial charge is 0.308 e. The van der Waals surface area contributed by atoms with Crippen molar-refractivity contribution in [3.05, 3.63) is 30.1 Å². The van der Waals surface area contributed by atoms with Crippen molar-refractivity contribution in [1.82, 2.24) is 4.90 Å². The van der Waals surface area contributed by atoms with Crippen molar-refractivity contribution < 1.29 is 13.4 Å². The highest BCUT2D eigenvalue weighted by atomic mass is 32.2. The van der Waals surface area contributed by atoms with Crippen LogP contribution in [-0.4, -0.2) is 52.7 Å². The molecule has 1 aliphatic heterocycles. The Bertz CT molecular complexity index is 567. The van der Waals surface area contributed by atoms with Crippen LogP contribution in [0.3, 0.4) is 0 Å². The quantitative estimate of drug-likeness (QED) is 0.831. The van der Waals surface area contributed by atoms with Crippen LogP contribution in [0.2, 0.25) is 0 Å². The SMILES string of the molecule is C[C@H](C[S@](C)=O)N(C)[C@H]1CCCN(c2ccccc2F)C1=O. The molecule has 0 aliphatic carbocycles. The van der Waals surface area contributed by atoms with Gasteiger partial charge < -0.3 is 4.90 Å². The number of rotatable bonds is 5. The topological polar surface area (TPSA) is 40.6 Å². The molecule has 6 heteroatoms. The highest BCUT2D eigenvalue weighted by Crippen LogP contribution is 2.26. The number of carbonyl (C=O) groups is 1. The molecular formula is C16H23FN2O2S. The van der Waals surface area contributed by atoms with E-state index in [2.05, 4.69) is 0 Å². The summed E-state index contributed by atoms with van der Waals surface area (Å²) in [7, 11) is 0.973. The van der Waals surface area contributed by atoms with Crippen molar-refractivity contribution >= 4 is 22.4 Å². The molecule has 0 spiro atoms. The third-order valence-electron chi connectivity index (χ3n) is 4.22. The lowest BCUT2D eigenvalue weighted by Crippen LogP contribution is -2.54. The van der Waals surface area contributed by atoms with E-state index in [0.29, 0.717) is 18.0 Å². The number of hydrogen-bond acceptors (Lipinski definition) is 3. The highest BCUT2D eigenvalue weighted by Gasteiger charge is 2.35. The van der Waals surface area contributed by atoms with E-state index < -0.39 is 10.8 Å².